The summed E-state index contributed by atoms with van der Waals surface area (Å²) in [5.74, 6) is -0.395. The predicted molar refractivity (Wildman–Crippen MR) is 80.4 cm³/mol. The smallest absolute Gasteiger partial charge is 0.392 e. The zero-order valence-electron chi connectivity index (χ0n) is 13.3. The van der Waals surface area contributed by atoms with Gasteiger partial charge in [0, 0.05) is 38.9 Å². The van der Waals surface area contributed by atoms with Crippen LogP contribution >= 0.6 is 0 Å². The number of carbonyl (C=O) groups excluding carboxylic acids is 1. The van der Waals surface area contributed by atoms with E-state index in [2.05, 4.69) is 0 Å². The number of rotatable bonds is 4. The molecule has 2 heterocycles. The number of halogens is 3. The highest BCUT2D eigenvalue weighted by Gasteiger charge is 2.34. The fraction of sp³-hybridized carbons (Fsp3) is 0.600. The SMILES string of the molecule is CC(O)CN1CCN(C(=O)Cn2cccc(C(F)(F)F)c2=O)CC1. The van der Waals surface area contributed by atoms with Gasteiger partial charge in [0.25, 0.3) is 5.56 Å². The van der Waals surface area contributed by atoms with Gasteiger partial charge in [0.2, 0.25) is 5.91 Å². The molecule has 1 aromatic rings. The average Bonchev–Trinajstić information content (AvgIpc) is 2.48. The molecular formula is C15H20F3N3O3. The second kappa shape index (κ2) is 7.35. The molecule has 1 saturated heterocycles. The van der Waals surface area contributed by atoms with Gasteiger partial charge in [-0.05, 0) is 19.1 Å². The molecule has 0 aliphatic carbocycles. The molecule has 1 aliphatic heterocycles. The third-order valence-electron chi connectivity index (χ3n) is 3.88. The number of aliphatic hydroxyl groups excluding tert-OH is 1. The molecule has 1 aliphatic rings. The van der Waals surface area contributed by atoms with Crippen molar-refractivity contribution in [2.45, 2.75) is 25.7 Å². The Hall–Kier alpha value is -1.87. The number of piperazine rings is 1. The van der Waals surface area contributed by atoms with Crippen LogP contribution in [0.15, 0.2) is 23.1 Å². The van der Waals surface area contributed by atoms with Crippen molar-refractivity contribution in [1.29, 1.82) is 0 Å². The summed E-state index contributed by atoms with van der Waals surface area (Å²) in [5.41, 5.74) is -2.49. The highest BCUT2D eigenvalue weighted by molar-refractivity contribution is 5.76. The van der Waals surface area contributed by atoms with Gasteiger partial charge in [-0.1, -0.05) is 0 Å². The lowest BCUT2D eigenvalue weighted by molar-refractivity contribution is -0.140. The molecule has 1 fully saturated rings. The minimum absolute atomic E-state index is 0.395. The van der Waals surface area contributed by atoms with E-state index in [0.717, 1.165) is 10.6 Å². The summed E-state index contributed by atoms with van der Waals surface area (Å²) in [6.45, 7) is 3.76. The van der Waals surface area contributed by atoms with Crippen molar-refractivity contribution in [2.24, 2.45) is 0 Å². The molecule has 0 radical (unpaired) electrons. The van der Waals surface area contributed by atoms with Gasteiger partial charge in [0.05, 0.1) is 6.10 Å². The molecule has 2 rings (SSSR count). The molecule has 0 spiro atoms. The number of hydrogen-bond acceptors (Lipinski definition) is 4. The summed E-state index contributed by atoms with van der Waals surface area (Å²) in [6, 6.07) is 1.82. The van der Waals surface area contributed by atoms with E-state index in [1.54, 1.807) is 6.92 Å². The van der Waals surface area contributed by atoms with Gasteiger partial charge in [-0.2, -0.15) is 13.2 Å². The van der Waals surface area contributed by atoms with E-state index >= 15 is 0 Å². The Morgan fingerprint density at radius 3 is 2.46 bits per heavy atom. The fourth-order valence-electron chi connectivity index (χ4n) is 2.68. The number of alkyl halides is 3. The van der Waals surface area contributed by atoms with E-state index in [1.807, 2.05) is 4.90 Å². The monoisotopic (exact) mass is 347 g/mol. The molecule has 6 nitrogen and oxygen atoms in total. The van der Waals surface area contributed by atoms with Gasteiger partial charge < -0.3 is 14.6 Å². The molecule has 1 aromatic heterocycles. The van der Waals surface area contributed by atoms with Crippen molar-refractivity contribution >= 4 is 5.91 Å². The molecule has 0 aromatic carbocycles. The summed E-state index contributed by atoms with van der Waals surface area (Å²) >= 11 is 0. The molecule has 1 N–H and O–H groups in total. The lowest BCUT2D eigenvalue weighted by Crippen LogP contribution is -2.51. The van der Waals surface area contributed by atoms with Crippen LogP contribution in [0.5, 0.6) is 0 Å². The third kappa shape index (κ3) is 4.57. The number of hydrogen-bond donors (Lipinski definition) is 1. The number of β-amino-alcohol motifs (C(OH)–C–C–N with tert-alkyl or cyclic N) is 1. The number of carbonyl (C=O) groups is 1. The first-order valence-electron chi connectivity index (χ1n) is 7.63. The first kappa shape index (κ1) is 18.5. The van der Waals surface area contributed by atoms with Crippen LogP contribution in [0.4, 0.5) is 13.2 Å². The maximum atomic E-state index is 12.7. The third-order valence-corrected chi connectivity index (χ3v) is 3.88. The lowest BCUT2D eigenvalue weighted by Gasteiger charge is -2.35. The maximum absolute atomic E-state index is 12.7. The molecular weight excluding hydrogens is 327 g/mol. The second-order valence-corrected chi connectivity index (χ2v) is 5.88. The summed E-state index contributed by atoms with van der Waals surface area (Å²) in [5, 5.41) is 9.34. The van der Waals surface area contributed by atoms with Crippen molar-refractivity contribution < 1.29 is 23.1 Å². The van der Waals surface area contributed by atoms with Gasteiger partial charge in [-0.25, -0.2) is 0 Å². The first-order chi connectivity index (χ1) is 11.2. The zero-order chi connectivity index (χ0) is 17.9. The Kier molecular flexibility index (Phi) is 5.66. The van der Waals surface area contributed by atoms with E-state index in [1.165, 1.54) is 11.1 Å². The Morgan fingerprint density at radius 2 is 1.92 bits per heavy atom. The molecule has 0 bridgehead atoms. The molecule has 9 heteroatoms. The van der Waals surface area contributed by atoms with Crippen molar-refractivity contribution in [3.63, 3.8) is 0 Å². The highest BCUT2D eigenvalue weighted by atomic mass is 19.4. The first-order valence-corrected chi connectivity index (χ1v) is 7.63. The minimum atomic E-state index is -4.74. The summed E-state index contributed by atoms with van der Waals surface area (Å²) in [6.07, 6.45) is -4.02. The Labute approximate surface area is 137 Å². The maximum Gasteiger partial charge on any atom is 0.421 e. The zero-order valence-corrected chi connectivity index (χ0v) is 13.3. The van der Waals surface area contributed by atoms with Crippen LogP contribution in [-0.4, -0.2) is 64.2 Å². The number of aromatic nitrogens is 1. The van der Waals surface area contributed by atoms with Crippen molar-refractivity contribution in [1.82, 2.24) is 14.4 Å². The predicted octanol–water partition coefficient (Wildman–Crippen LogP) is 0.392. The summed E-state index contributed by atoms with van der Waals surface area (Å²) < 4.78 is 39.0. The number of aliphatic hydroxyl groups is 1. The van der Waals surface area contributed by atoms with E-state index < -0.39 is 35.9 Å². The molecule has 1 unspecified atom stereocenters. The van der Waals surface area contributed by atoms with Crippen molar-refractivity contribution in [3.05, 3.63) is 34.2 Å². The number of pyridine rings is 1. The molecule has 1 amide bonds. The van der Waals surface area contributed by atoms with Gasteiger partial charge in [-0.15, -0.1) is 0 Å². The van der Waals surface area contributed by atoms with Crippen LogP contribution in [0.1, 0.15) is 12.5 Å². The standard InChI is InChI=1S/C15H20F3N3O3/c1-11(22)9-19-5-7-20(8-6-19)13(23)10-21-4-2-3-12(14(21)24)15(16,17)18/h2-4,11,22H,5-10H2,1H3. The summed E-state index contributed by atoms with van der Waals surface area (Å²) in [4.78, 5) is 27.6. The molecule has 134 valence electrons. The highest BCUT2D eigenvalue weighted by Crippen LogP contribution is 2.25. The normalized spacial score (nSPS) is 17.8. The lowest BCUT2D eigenvalue weighted by atomic mass is 10.2. The van der Waals surface area contributed by atoms with E-state index in [9.17, 15) is 27.9 Å². The quantitative estimate of drug-likeness (QED) is 0.856. The number of amides is 1. The minimum Gasteiger partial charge on any atom is -0.392 e. The average molecular weight is 347 g/mol. The van der Waals surface area contributed by atoms with Crippen LogP contribution in [0.2, 0.25) is 0 Å². The Bertz CT molecular complexity index is 635. The molecule has 24 heavy (non-hydrogen) atoms. The topological polar surface area (TPSA) is 65.8 Å². The van der Waals surface area contributed by atoms with E-state index in [4.69, 9.17) is 0 Å². The largest absolute Gasteiger partial charge is 0.421 e. The van der Waals surface area contributed by atoms with Crippen LogP contribution < -0.4 is 5.56 Å². The van der Waals surface area contributed by atoms with Crippen LogP contribution in [0.3, 0.4) is 0 Å². The van der Waals surface area contributed by atoms with Gasteiger partial charge in [0.1, 0.15) is 12.1 Å². The van der Waals surface area contributed by atoms with Gasteiger partial charge in [0.15, 0.2) is 0 Å². The molecule has 1 atom stereocenters. The van der Waals surface area contributed by atoms with E-state index in [0.29, 0.717) is 38.8 Å². The summed E-state index contributed by atoms with van der Waals surface area (Å²) in [7, 11) is 0. The Balaban J connectivity index is 2.00. The molecule has 0 saturated carbocycles. The van der Waals surface area contributed by atoms with Crippen LogP contribution in [-0.2, 0) is 17.5 Å². The number of nitrogens with zero attached hydrogens (tertiary/aromatic N) is 3. The Morgan fingerprint density at radius 1 is 1.29 bits per heavy atom. The van der Waals surface area contributed by atoms with Gasteiger partial charge >= 0.3 is 6.18 Å². The van der Waals surface area contributed by atoms with Crippen molar-refractivity contribution in [2.75, 3.05) is 32.7 Å². The van der Waals surface area contributed by atoms with Crippen LogP contribution in [0.25, 0.3) is 0 Å². The fourth-order valence-corrected chi connectivity index (χ4v) is 2.68. The van der Waals surface area contributed by atoms with Crippen molar-refractivity contribution in [3.8, 4) is 0 Å². The van der Waals surface area contributed by atoms with Crippen LogP contribution in [0, 0.1) is 0 Å². The van der Waals surface area contributed by atoms with Gasteiger partial charge in [-0.3, -0.25) is 14.5 Å². The second-order valence-electron chi connectivity index (χ2n) is 5.88. The van der Waals surface area contributed by atoms with E-state index in [-0.39, 0.29) is 0 Å².